The molecule has 0 bridgehead atoms. The van der Waals surface area contributed by atoms with Gasteiger partial charge >= 0.3 is 0 Å². The normalized spacial score (nSPS) is 11.5. The second-order valence-corrected chi connectivity index (χ2v) is 5.73. The molecule has 1 atom stereocenters. The summed E-state index contributed by atoms with van der Waals surface area (Å²) >= 11 is 5.93. The molecular weight excluding hydrogens is 342 g/mol. The van der Waals surface area contributed by atoms with Crippen LogP contribution in [0.4, 0.5) is 0 Å². The molecule has 0 saturated heterocycles. The van der Waals surface area contributed by atoms with E-state index in [1.807, 2.05) is 25.1 Å². The lowest BCUT2D eigenvalue weighted by molar-refractivity contribution is -0.128. The van der Waals surface area contributed by atoms with E-state index in [2.05, 4.69) is 5.32 Å². The molecule has 6 heteroatoms. The van der Waals surface area contributed by atoms with E-state index in [1.165, 1.54) is 0 Å². The summed E-state index contributed by atoms with van der Waals surface area (Å²) in [5, 5.41) is 3.38. The van der Waals surface area contributed by atoms with Crippen LogP contribution in [0.25, 0.3) is 0 Å². The number of methoxy groups -OCH3 is 1. The van der Waals surface area contributed by atoms with Crippen molar-refractivity contribution in [1.82, 2.24) is 5.32 Å². The molecule has 2 aromatic rings. The average molecular weight is 364 g/mol. The Morgan fingerprint density at radius 3 is 2.56 bits per heavy atom. The van der Waals surface area contributed by atoms with Gasteiger partial charge in [-0.25, -0.2) is 0 Å². The van der Waals surface area contributed by atoms with Gasteiger partial charge in [-0.2, -0.15) is 0 Å². The van der Waals surface area contributed by atoms with Crippen molar-refractivity contribution in [2.24, 2.45) is 0 Å². The maximum absolute atomic E-state index is 12.2. The highest BCUT2D eigenvalue weighted by Gasteiger charge is 2.18. The molecule has 1 unspecified atom stereocenters. The lowest BCUT2D eigenvalue weighted by Crippen LogP contribution is -2.39. The molecular formula is C19H22ClNO4. The van der Waals surface area contributed by atoms with Crippen molar-refractivity contribution in [2.75, 3.05) is 20.3 Å². The van der Waals surface area contributed by atoms with Crippen molar-refractivity contribution in [2.45, 2.75) is 19.4 Å². The molecule has 2 aromatic carbocycles. The van der Waals surface area contributed by atoms with Crippen molar-refractivity contribution in [3.63, 3.8) is 0 Å². The quantitative estimate of drug-likeness (QED) is 0.690. The molecule has 0 fully saturated rings. The number of ether oxygens (including phenoxy) is 3. The van der Waals surface area contributed by atoms with Crippen LogP contribution < -0.4 is 19.5 Å². The first-order valence-corrected chi connectivity index (χ1v) is 8.47. The standard InChI is InChI=1S/C19H22ClNO4/c1-3-18(25-17-9-4-6-14(20)12-17)19(22)21-10-11-24-16-8-5-7-15(13-16)23-2/h4-9,12-13,18H,3,10-11H2,1-2H3,(H,21,22). The molecule has 0 aromatic heterocycles. The van der Waals surface area contributed by atoms with E-state index >= 15 is 0 Å². The van der Waals surface area contributed by atoms with Crippen molar-refractivity contribution >= 4 is 17.5 Å². The summed E-state index contributed by atoms with van der Waals surface area (Å²) in [6.45, 7) is 2.62. The Labute approximate surface area is 152 Å². The molecule has 0 aliphatic carbocycles. The van der Waals surface area contributed by atoms with Crippen LogP contribution in [0.5, 0.6) is 17.2 Å². The first-order chi connectivity index (χ1) is 12.1. The number of carbonyl (C=O) groups is 1. The van der Waals surface area contributed by atoms with E-state index in [-0.39, 0.29) is 5.91 Å². The minimum absolute atomic E-state index is 0.184. The molecule has 0 aliphatic heterocycles. The number of benzene rings is 2. The van der Waals surface area contributed by atoms with Crippen molar-refractivity contribution < 1.29 is 19.0 Å². The fraction of sp³-hybridized carbons (Fsp3) is 0.316. The van der Waals surface area contributed by atoms with Gasteiger partial charge in [0.25, 0.3) is 5.91 Å². The minimum Gasteiger partial charge on any atom is -0.497 e. The molecule has 5 nitrogen and oxygen atoms in total. The number of rotatable bonds is 9. The first kappa shape index (κ1) is 18.9. The highest BCUT2D eigenvalue weighted by Crippen LogP contribution is 2.20. The van der Waals surface area contributed by atoms with Gasteiger partial charge in [-0.3, -0.25) is 4.79 Å². The third-order valence-electron chi connectivity index (χ3n) is 3.45. The Balaban J connectivity index is 1.77. The topological polar surface area (TPSA) is 56.8 Å². The van der Waals surface area contributed by atoms with E-state index in [4.69, 9.17) is 25.8 Å². The van der Waals surface area contributed by atoms with Crippen LogP contribution in [-0.4, -0.2) is 32.3 Å². The van der Waals surface area contributed by atoms with Gasteiger partial charge in [-0.15, -0.1) is 0 Å². The average Bonchev–Trinajstić information content (AvgIpc) is 2.63. The number of halogens is 1. The number of nitrogens with one attached hydrogen (secondary N) is 1. The van der Waals surface area contributed by atoms with Crippen LogP contribution in [0.15, 0.2) is 48.5 Å². The minimum atomic E-state index is -0.574. The summed E-state index contributed by atoms with van der Waals surface area (Å²) in [6, 6.07) is 14.3. The summed E-state index contributed by atoms with van der Waals surface area (Å²) in [4.78, 5) is 12.2. The van der Waals surface area contributed by atoms with Gasteiger partial charge in [-0.05, 0) is 36.8 Å². The molecule has 0 saturated carbocycles. The Kier molecular flexibility index (Phi) is 7.41. The zero-order valence-corrected chi connectivity index (χ0v) is 15.1. The Morgan fingerprint density at radius 1 is 1.12 bits per heavy atom. The second-order valence-electron chi connectivity index (χ2n) is 5.29. The Bertz CT molecular complexity index is 693. The van der Waals surface area contributed by atoms with Crippen molar-refractivity contribution in [3.05, 3.63) is 53.6 Å². The molecule has 0 aliphatic rings. The lowest BCUT2D eigenvalue weighted by Gasteiger charge is -2.17. The zero-order valence-electron chi connectivity index (χ0n) is 14.3. The number of hydrogen-bond acceptors (Lipinski definition) is 4. The van der Waals surface area contributed by atoms with Crippen LogP contribution in [0, 0.1) is 0 Å². The van der Waals surface area contributed by atoms with Crippen LogP contribution in [0.2, 0.25) is 5.02 Å². The molecule has 134 valence electrons. The Morgan fingerprint density at radius 2 is 1.84 bits per heavy atom. The summed E-state index contributed by atoms with van der Waals surface area (Å²) in [5.74, 6) is 1.80. The maximum atomic E-state index is 12.2. The third kappa shape index (κ3) is 6.19. The van der Waals surface area contributed by atoms with Gasteiger partial charge in [-0.1, -0.05) is 30.7 Å². The van der Waals surface area contributed by atoms with E-state index in [0.29, 0.717) is 36.1 Å². The molecule has 2 rings (SSSR count). The largest absolute Gasteiger partial charge is 0.497 e. The number of carbonyl (C=O) groups excluding carboxylic acids is 1. The smallest absolute Gasteiger partial charge is 0.261 e. The summed E-state index contributed by atoms with van der Waals surface area (Å²) in [7, 11) is 1.60. The summed E-state index contributed by atoms with van der Waals surface area (Å²) in [5.41, 5.74) is 0. The van der Waals surface area contributed by atoms with E-state index in [1.54, 1.807) is 37.4 Å². The monoisotopic (exact) mass is 363 g/mol. The highest BCUT2D eigenvalue weighted by atomic mass is 35.5. The fourth-order valence-corrected chi connectivity index (χ4v) is 2.36. The fourth-order valence-electron chi connectivity index (χ4n) is 2.17. The van der Waals surface area contributed by atoms with E-state index in [0.717, 1.165) is 5.75 Å². The second kappa shape index (κ2) is 9.79. The summed E-state index contributed by atoms with van der Waals surface area (Å²) < 4.78 is 16.4. The van der Waals surface area contributed by atoms with Crippen molar-refractivity contribution in [3.8, 4) is 17.2 Å². The highest BCUT2D eigenvalue weighted by molar-refractivity contribution is 6.30. The van der Waals surface area contributed by atoms with Crippen LogP contribution >= 0.6 is 11.6 Å². The van der Waals surface area contributed by atoms with Crippen molar-refractivity contribution in [1.29, 1.82) is 0 Å². The lowest BCUT2D eigenvalue weighted by atomic mass is 10.2. The molecule has 0 spiro atoms. The first-order valence-electron chi connectivity index (χ1n) is 8.09. The predicted molar refractivity (Wildman–Crippen MR) is 97.7 cm³/mol. The molecule has 1 N–H and O–H groups in total. The van der Waals surface area contributed by atoms with Crippen LogP contribution in [-0.2, 0) is 4.79 Å². The Hall–Kier alpha value is -2.40. The van der Waals surface area contributed by atoms with Crippen LogP contribution in [0.1, 0.15) is 13.3 Å². The van der Waals surface area contributed by atoms with Gasteiger partial charge < -0.3 is 19.5 Å². The van der Waals surface area contributed by atoms with Gasteiger partial charge in [0.15, 0.2) is 6.10 Å². The molecule has 1 amide bonds. The van der Waals surface area contributed by atoms with Gasteiger partial charge in [0.1, 0.15) is 23.9 Å². The third-order valence-corrected chi connectivity index (χ3v) is 3.68. The summed E-state index contributed by atoms with van der Waals surface area (Å²) in [6.07, 6.45) is -0.0231. The molecule has 25 heavy (non-hydrogen) atoms. The predicted octanol–water partition coefficient (Wildman–Crippen LogP) is 3.70. The van der Waals surface area contributed by atoms with Crippen LogP contribution in [0.3, 0.4) is 0 Å². The van der Waals surface area contributed by atoms with E-state index < -0.39 is 6.10 Å². The van der Waals surface area contributed by atoms with Gasteiger partial charge in [0, 0.05) is 11.1 Å². The zero-order chi connectivity index (χ0) is 18.1. The number of amides is 1. The number of hydrogen-bond donors (Lipinski definition) is 1. The van der Waals surface area contributed by atoms with Gasteiger partial charge in [0.05, 0.1) is 13.7 Å². The maximum Gasteiger partial charge on any atom is 0.261 e. The molecule has 0 heterocycles. The molecule has 0 radical (unpaired) electrons. The SMILES string of the molecule is CCC(Oc1cccc(Cl)c1)C(=O)NCCOc1cccc(OC)c1. The van der Waals surface area contributed by atoms with E-state index in [9.17, 15) is 4.79 Å². The van der Waals surface area contributed by atoms with Gasteiger partial charge in [0.2, 0.25) is 0 Å².